The summed E-state index contributed by atoms with van der Waals surface area (Å²) in [5, 5.41) is 9.19. The van der Waals surface area contributed by atoms with E-state index in [1.165, 1.54) is 0 Å². The molecule has 0 heterocycles. The van der Waals surface area contributed by atoms with Gasteiger partial charge in [-0.15, -0.1) is 0 Å². The van der Waals surface area contributed by atoms with E-state index in [0.717, 1.165) is 5.56 Å². The van der Waals surface area contributed by atoms with Crippen molar-refractivity contribution >= 4 is 10.0 Å². The van der Waals surface area contributed by atoms with Crippen LogP contribution in [0.15, 0.2) is 29.2 Å². The highest BCUT2D eigenvalue weighted by Gasteiger charge is 2.11. The zero-order valence-electron chi connectivity index (χ0n) is 9.47. The second-order valence-electron chi connectivity index (χ2n) is 3.70. The van der Waals surface area contributed by atoms with E-state index in [9.17, 15) is 13.5 Å². The maximum Gasteiger partial charge on any atom is 0.240 e. The molecule has 0 fully saturated rings. The molecule has 0 amide bonds. The van der Waals surface area contributed by atoms with Gasteiger partial charge in [-0.3, -0.25) is 0 Å². The van der Waals surface area contributed by atoms with Crippen LogP contribution in [0.1, 0.15) is 19.4 Å². The van der Waals surface area contributed by atoms with Crippen molar-refractivity contribution < 1.29 is 13.5 Å². The Bertz CT molecular complexity index is 423. The van der Waals surface area contributed by atoms with Crippen LogP contribution in [0.2, 0.25) is 0 Å². The molecule has 0 aliphatic heterocycles. The lowest BCUT2D eigenvalue weighted by molar-refractivity contribution is 0.195. The molecule has 1 aromatic carbocycles. The van der Waals surface area contributed by atoms with Crippen molar-refractivity contribution in [1.82, 2.24) is 4.72 Å². The maximum absolute atomic E-state index is 11.6. The van der Waals surface area contributed by atoms with Gasteiger partial charge in [-0.25, -0.2) is 13.1 Å². The summed E-state index contributed by atoms with van der Waals surface area (Å²) in [4.78, 5) is 0.253. The first-order valence-corrected chi connectivity index (χ1v) is 6.70. The van der Waals surface area contributed by atoms with Crippen molar-refractivity contribution in [3.05, 3.63) is 29.8 Å². The van der Waals surface area contributed by atoms with Gasteiger partial charge < -0.3 is 5.11 Å². The average Bonchev–Trinajstić information content (AvgIpc) is 2.17. The Kier molecular flexibility index (Phi) is 4.46. The van der Waals surface area contributed by atoms with Crippen molar-refractivity contribution in [2.45, 2.75) is 31.3 Å². The van der Waals surface area contributed by atoms with E-state index in [4.69, 9.17) is 0 Å². The molecule has 2 N–H and O–H groups in total. The fourth-order valence-electron chi connectivity index (χ4n) is 1.42. The number of aliphatic hydroxyl groups is 1. The Balaban J connectivity index is 2.87. The van der Waals surface area contributed by atoms with Gasteiger partial charge in [0.15, 0.2) is 0 Å². The van der Waals surface area contributed by atoms with Crippen LogP contribution in [-0.2, 0) is 16.4 Å². The molecule has 1 rings (SSSR count). The Morgan fingerprint density at radius 3 is 2.31 bits per heavy atom. The average molecular weight is 243 g/mol. The standard InChI is InChI=1S/C11H17NO3S/c1-3-12-16(14,15)11-6-4-10(5-7-11)8-9(2)13/h4-7,9,12-13H,3,8H2,1-2H3. The third-order valence-electron chi connectivity index (χ3n) is 2.10. The van der Waals surface area contributed by atoms with Crippen LogP contribution in [-0.4, -0.2) is 26.2 Å². The van der Waals surface area contributed by atoms with Crippen molar-refractivity contribution in [2.75, 3.05) is 6.54 Å². The van der Waals surface area contributed by atoms with Gasteiger partial charge in [0.1, 0.15) is 0 Å². The molecule has 0 saturated heterocycles. The first-order chi connectivity index (χ1) is 7.45. The highest BCUT2D eigenvalue weighted by molar-refractivity contribution is 7.89. The van der Waals surface area contributed by atoms with Crippen LogP contribution >= 0.6 is 0 Å². The zero-order valence-corrected chi connectivity index (χ0v) is 10.3. The number of hydrogen-bond donors (Lipinski definition) is 2. The minimum Gasteiger partial charge on any atom is -0.393 e. The summed E-state index contributed by atoms with van der Waals surface area (Å²) in [5.41, 5.74) is 0.922. The third-order valence-corrected chi connectivity index (χ3v) is 3.66. The molecule has 0 aliphatic carbocycles. The molecule has 90 valence electrons. The molecule has 0 aliphatic rings. The predicted molar refractivity (Wildman–Crippen MR) is 62.7 cm³/mol. The van der Waals surface area contributed by atoms with E-state index in [1.807, 2.05) is 0 Å². The quantitative estimate of drug-likeness (QED) is 0.807. The lowest BCUT2D eigenvalue weighted by atomic mass is 10.1. The molecular formula is C11H17NO3S. The summed E-state index contributed by atoms with van der Waals surface area (Å²) in [7, 11) is -3.37. The summed E-state index contributed by atoms with van der Waals surface area (Å²) in [6.07, 6.45) is 0.109. The van der Waals surface area contributed by atoms with Crippen LogP contribution in [0.5, 0.6) is 0 Å². The van der Waals surface area contributed by atoms with E-state index in [1.54, 1.807) is 38.1 Å². The van der Waals surface area contributed by atoms with Gasteiger partial charge >= 0.3 is 0 Å². The van der Waals surface area contributed by atoms with E-state index in [2.05, 4.69) is 4.72 Å². The Morgan fingerprint density at radius 1 is 1.31 bits per heavy atom. The van der Waals surface area contributed by atoms with Crippen molar-refractivity contribution in [3.63, 3.8) is 0 Å². The molecule has 16 heavy (non-hydrogen) atoms. The topological polar surface area (TPSA) is 66.4 Å². The molecule has 0 saturated carbocycles. The first kappa shape index (κ1) is 13.2. The summed E-state index contributed by atoms with van der Waals surface area (Å²) >= 11 is 0. The Hall–Kier alpha value is -0.910. The highest BCUT2D eigenvalue weighted by Crippen LogP contribution is 2.11. The van der Waals surface area contributed by atoms with Crippen molar-refractivity contribution in [3.8, 4) is 0 Å². The Labute approximate surface area is 96.4 Å². The lowest BCUT2D eigenvalue weighted by Gasteiger charge is -2.07. The summed E-state index contributed by atoms with van der Waals surface area (Å²) in [5.74, 6) is 0. The Morgan fingerprint density at radius 2 is 1.88 bits per heavy atom. The fraction of sp³-hybridized carbons (Fsp3) is 0.455. The highest BCUT2D eigenvalue weighted by atomic mass is 32.2. The molecule has 0 radical (unpaired) electrons. The van der Waals surface area contributed by atoms with Gasteiger partial charge in [-0.1, -0.05) is 19.1 Å². The number of nitrogens with one attached hydrogen (secondary N) is 1. The van der Waals surface area contributed by atoms with Gasteiger partial charge in [0.2, 0.25) is 10.0 Å². The molecule has 0 bridgehead atoms. The van der Waals surface area contributed by atoms with Gasteiger partial charge in [0.05, 0.1) is 11.0 Å². The second-order valence-corrected chi connectivity index (χ2v) is 5.47. The largest absolute Gasteiger partial charge is 0.393 e. The van der Waals surface area contributed by atoms with Crippen molar-refractivity contribution in [2.24, 2.45) is 0 Å². The minimum atomic E-state index is -3.37. The van der Waals surface area contributed by atoms with E-state index in [-0.39, 0.29) is 4.90 Å². The van der Waals surface area contributed by atoms with E-state index in [0.29, 0.717) is 13.0 Å². The normalized spacial score (nSPS) is 13.7. The van der Waals surface area contributed by atoms with E-state index >= 15 is 0 Å². The SMILES string of the molecule is CCNS(=O)(=O)c1ccc(CC(C)O)cc1. The molecule has 0 spiro atoms. The first-order valence-electron chi connectivity index (χ1n) is 5.22. The summed E-state index contributed by atoms with van der Waals surface area (Å²) in [6.45, 7) is 3.81. The van der Waals surface area contributed by atoms with Crippen LogP contribution in [0.4, 0.5) is 0 Å². The number of benzene rings is 1. The zero-order chi connectivity index (χ0) is 12.2. The number of rotatable bonds is 5. The third kappa shape index (κ3) is 3.59. The van der Waals surface area contributed by atoms with E-state index < -0.39 is 16.1 Å². The number of hydrogen-bond acceptors (Lipinski definition) is 3. The van der Waals surface area contributed by atoms with Crippen LogP contribution in [0.3, 0.4) is 0 Å². The fourth-order valence-corrected chi connectivity index (χ4v) is 2.46. The van der Waals surface area contributed by atoms with Crippen LogP contribution in [0.25, 0.3) is 0 Å². The van der Waals surface area contributed by atoms with Crippen molar-refractivity contribution in [1.29, 1.82) is 0 Å². The van der Waals surface area contributed by atoms with Gasteiger partial charge in [-0.2, -0.15) is 0 Å². The molecule has 1 unspecified atom stereocenters. The smallest absolute Gasteiger partial charge is 0.240 e. The molecule has 5 heteroatoms. The van der Waals surface area contributed by atoms with Gasteiger partial charge in [0, 0.05) is 6.54 Å². The summed E-state index contributed by atoms with van der Waals surface area (Å²) in [6, 6.07) is 6.54. The molecule has 4 nitrogen and oxygen atoms in total. The summed E-state index contributed by atoms with van der Waals surface area (Å²) < 4.78 is 25.6. The minimum absolute atomic E-state index is 0.253. The molecular weight excluding hydrogens is 226 g/mol. The van der Waals surface area contributed by atoms with Gasteiger partial charge in [-0.05, 0) is 31.0 Å². The number of sulfonamides is 1. The van der Waals surface area contributed by atoms with Gasteiger partial charge in [0.25, 0.3) is 0 Å². The van der Waals surface area contributed by atoms with Crippen LogP contribution < -0.4 is 4.72 Å². The monoisotopic (exact) mass is 243 g/mol. The predicted octanol–water partition coefficient (Wildman–Crippen LogP) is 0.908. The van der Waals surface area contributed by atoms with Crippen LogP contribution in [0, 0.1) is 0 Å². The maximum atomic E-state index is 11.6. The number of aliphatic hydroxyl groups excluding tert-OH is 1. The molecule has 1 aromatic rings. The second kappa shape index (κ2) is 5.43. The molecule has 1 atom stereocenters. The molecule has 0 aromatic heterocycles. The lowest BCUT2D eigenvalue weighted by Crippen LogP contribution is -2.23.